The average Bonchev–Trinajstić information content (AvgIpc) is 2.88. The third-order valence-corrected chi connectivity index (χ3v) is 7.41. The number of hydrazone groups is 1. The molecular formula is C25H28N4O6S. The summed E-state index contributed by atoms with van der Waals surface area (Å²) in [6, 6.07) is 18.6. The number of nitro benzene ring substituents is 1. The van der Waals surface area contributed by atoms with Gasteiger partial charge >= 0.3 is 0 Å². The number of nitrogens with zero attached hydrogens (tertiary/aromatic N) is 3. The summed E-state index contributed by atoms with van der Waals surface area (Å²) in [5.41, 5.74) is 4.19. The molecule has 3 aromatic carbocycles. The normalized spacial score (nSPS) is 11.6. The SMILES string of the molecule is CCN(CC)S(=O)(=O)c1cc([N+](=O)[O-])ccc1NN=Cc1ccc(OCc2ccccc2)c(OC)c1. The van der Waals surface area contributed by atoms with Gasteiger partial charge in [0.15, 0.2) is 11.5 Å². The summed E-state index contributed by atoms with van der Waals surface area (Å²) >= 11 is 0. The van der Waals surface area contributed by atoms with Gasteiger partial charge in [-0.05, 0) is 35.4 Å². The molecule has 0 aliphatic carbocycles. The first kappa shape index (κ1) is 26.6. The predicted molar refractivity (Wildman–Crippen MR) is 138 cm³/mol. The maximum absolute atomic E-state index is 13.1. The predicted octanol–water partition coefficient (Wildman–Crippen LogP) is 4.66. The molecule has 0 spiro atoms. The zero-order valence-electron chi connectivity index (χ0n) is 20.2. The summed E-state index contributed by atoms with van der Waals surface area (Å²) < 4.78 is 38.7. The van der Waals surface area contributed by atoms with Crippen molar-refractivity contribution in [1.82, 2.24) is 4.31 Å². The molecule has 0 fully saturated rings. The third kappa shape index (κ3) is 6.37. The van der Waals surface area contributed by atoms with Crippen molar-refractivity contribution in [3.8, 4) is 11.5 Å². The van der Waals surface area contributed by atoms with Crippen LogP contribution in [0.4, 0.5) is 11.4 Å². The molecular weight excluding hydrogens is 484 g/mol. The van der Waals surface area contributed by atoms with Crippen LogP contribution in [0.3, 0.4) is 0 Å². The van der Waals surface area contributed by atoms with Gasteiger partial charge in [-0.1, -0.05) is 44.2 Å². The van der Waals surface area contributed by atoms with E-state index in [0.29, 0.717) is 23.7 Å². The Balaban J connectivity index is 1.81. The van der Waals surface area contributed by atoms with E-state index in [1.807, 2.05) is 30.3 Å². The van der Waals surface area contributed by atoms with Crippen LogP contribution >= 0.6 is 0 Å². The minimum atomic E-state index is -3.97. The Morgan fingerprint density at radius 2 is 1.75 bits per heavy atom. The van der Waals surface area contributed by atoms with E-state index in [2.05, 4.69) is 10.5 Å². The number of rotatable bonds is 12. The molecule has 3 rings (SSSR count). The number of hydrogen-bond acceptors (Lipinski definition) is 8. The lowest BCUT2D eigenvalue weighted by molar-refractivity contribution is -0.385. The quantitative estimate of drug-likeness (QED) is 0.213. The lowest BCUT2D eigenvalue weighted by Crippen LogP contribution is -2.31. The Hall–Kier alpha value is -3.96. The average molecular weight is 513 g/mol. The first-order valence-electron chi connectivity index (χ1n) is 11.2. The zero-order chi connectivity index (χ0) is 26.1. The summed E-state index contributed by atoms with van der Waals surface area (Å²) in [5.74, 6) is 1.07. The lowest BCUT2D eigenvalue weighted by Gasteiger charge is -2.20. The highest BCUT2D eigenvalue weighted by Crippen LogP contribution is 2.30. The first-order chi connectivity index (χ1) is 17.3. The molecule has 0 atom stereocenters. The topological polar surface area (TPSA) is 123 Å². The maximum Gasteiger partial charge on any atom is 0.270 e. The van der Waals surface area contributed by atoms with E-state index < -0.39 is 14.9 Å². The molecule has 10 nitrogen and oxygen atoms in total. The second-order valence-corrected chi connectivity index (χ2v) is 9.49. The van der Waals surface area contributed by atoms with Gasteiger partial charge in [-0.15, -0.1) is 0 Å². The summed E-state index contributed by atoms with van der Waals surface area (Å²) in [6.45, 7) is 4.23. The summed E-state index contributed by atoms with van der Waals surface area (Å²) in [7, 11) is -2.44. The van der Waals surface area contributed by atoms with E-state index in [1.54, 1.807) is 32.0 Å². The fraction of sp³-hybridized carbons (Fsp3) is 0.240. The second kappa shape index (κ2) is 12.1. The van der Waals surface area contributed by atoms with Crippen molar-refractivity contribution >= 4 is 27.6 Å². The number of anilines is 1. The van der Waals surface area contributed by atoms with Crippen LogP contribution in [0, 0.1) is 10.1 Å². The van der Waals surface area contributed by atoms with Gasteiger partial charge in [-0.25, -0.2) is 8.42 Å². The van der Waals surface area contributed by atoms with E-state index in [4.69, 9.17) is 9.47 Å². The molecule has 0 saturated carbocycles. The minimum Gasteiger partial charge on any atom is -0.493 e. The zero-order valence-corrected chi connectivity index (χ0v) is 21.1. The van der Waals surface area contributed by atoms with Gasteiger partial charge in [0.25, 0.3) is 5.69 Å². The molecule has 0 aliphatic rings. The fourth-order valence-electron chi connectivity index (χ4n) is 3.43. The molecule has 0 aromatic heterocycles. The van der Waals surface area contributed by atoms with Crippen molar-refractivity contribution in [3.63, 3.8) is 0 Å². The second-order valence-electron chi connectivity index (χ2n) is 7.58. The van der Waals surface area contributed by atoms with Crippen molar-refractivity contribution in [2.45, 2.75) is 25.3 Å². The van der Waals surface area contributed by atoms with E-state index in [1.165, 1.54) is 29.8 Å². The van der Waals surface area contributed by atoms with Crippen LogP contribution < -0.4 is 14.9 Å². The molecule has 0 radical (unpaired) electrons. The van der Waals surface area contributed by atoms with E-state index in [0.717, 1.165) is 11.6 Å². The number of benzene rings is 3. The molecule has 190 valence electrons. The van der Waals surface area contributed by atoms with Gasteiger partial charge in [0, 0.05) is 25.2 Å². The molecule has 0 amide bonds. The Bertz CT molecular complexity index is 1330. The number of nitro groups is 1. The number of ether oxygens (including phenoxy) is 2. The third-order valence-electron chi connectivity index (χ3n) is 5.32. The largest absolute Gasteiger partial charge is 0.493 e. The molecule has 36 heavy (non-hydrogen) atoms. The van der Waals surface area contributed by atoms with Crippen LogP contribution in [-0.2, 0) is 16.6 Å². The molecule has 0 aliphatic heterocycles. The Morgan fingerprint density at radius 3 is 2.39 bits per heavy atom. The monoisotopic (exact) mass is 512 g/mol. The lowest BCUT2D eigenvalue weighted by atomic mass is 10.2. The van der Waals surface area contributed by atoms with Crippen molar-refractivity contribution in [2.75, 3.05) is 25.6 Å². The van der Waals surface area contributed by atoms with Crippen molar-refractivity contribution in [3.05, 3.63) is 88.0 Å². The number of sulfonamides is 1. The van der Waals surface area contributed by atoms with Gasteiger partial charge in [-0.3, -0.25) is 15.5 Å². The highest BCUT2D eigenvalue weighted by molar-refractivity contribution is 7.89. The standard InChI is InChI=1S/C25H28N4O6S/c1-4-28(5-2)36(32,33)25-16-21(29(30)31)12-13-22(25)27-26-17-20-11-14-23(24(15-20)34-3)35-18-19-9-7-6-8-10-19/h6-17,27H,4-5,18H2,1-3H3. The molecule has 0 unspecified atom stereocenters. The van der Waals surface area contributed by atoms with Crippen molar-refractivity contribution < 1.29 is 22.8 Å². The van der Waals surface area contributed by atoms with Crippen LogP contribution in [-0.4, -0.2) is 44.1 Å². The van der Waals surface area contributed by atoms with Crippen LogP contribution in [0.15, 0.2) is 76.7 Å². The first-order valence-corrected chi connectivity index (χ1v) is 12.7. The van der Waals surface area contributed by atoms with E-state index in [-0.39, 0.29) is 29.4 Å². The summed E-state index contributed by atoms with van der Waals surface area (Å²) in [4.78, 5) is 10.4. The van der Waals surface area contributed by atoms with Gasteiger partial charge in [0.05, 0.1) is 23.9 Å². The maximum atomic E-state index is 13.1. The molecule has 3 aromatic rings. The van der Waals surface area contributed by atoms with Crippen LogP contribution in [0.5, 0.6) is 11.5 Å². The van der Waals surface area contributed by atoms with Crippen LogP contribution in [0.25, 0.3) is 0 Å². The molecule has 1 N–H and O–H groups in total. The van der Waals surface area contributed by atoms with Gasteiger partial charge in [0.1, 0.15) is 11.5 Å². The molecule has 11 heteroatoms. The molecule has 0 heterocycles. The molecule has 0 saturated heterocycles. The van der Waals surface area contributed by atoms with E-state index >= 15 is 0 Å². The fourth-order valence-corrected chi connectivity index (χ4v) is 5.05. The number of non-ortho nitro benzene ring substituents is 1. The van der Waals surface area contributed by atoms with Gasteiger partial charge < -0.3 is 9.47 Å². The summed E-state index contributed by atoms with van der Waals surface area (Å²) in [6.07, 6.45) is 1.48. The Kier molecular flexibility index (Phi) is 8.98. The highest BCUT2D eigenvalue weighted by atomic mass is 32.2. The van der Waals surface area contributed by atoms with Crippen molar-refractivity contribution in [2.24, 2.45) is 5.10 Å². The highest BCUT2D eigenvalue weighted by Gasteiger charge is 2.27. The van der Waals surface area contributed by atoms with Crippen LogP contribution in [0.1, 0.15) is 25.0 Å². The minimum absolute atomic E-state index is 0.124. The Morgan fingerprint density at radius 1 is 1.03 bits per heavy atom. The number of hydrogen-bond donors (Lipinski definition) is 1. The smallest absolute Gasteiger partial charge is 0.270 e. The summed E-state index contributed by atoms with van der Waals surface area (Å²) in [5, 5.41) is 15.4. The van der Waals surface area contributed by atoms with Gasteiger partial charge in [0.2, 0.25) is 10.0 Å². The van der Waals surface area contributed by atoms with E-state index in [9.17, 15) is 18.5 Å². The number of nitrogens with one attached hydrogen (secondary N) is 1. The number of methoxy groups -OCH3 is 1. The Labute approximate surface area is 210 Å². The molecule has 0 bridgehead atoms. The van der Waals surface area contributed by atoms with Crippen LogP contribution in [0.2, 0.25) is 0 Å². The van der Waals surface area contributed by atoms with Gasteiger partial charge in [-0.2, -0.15) is 9.41 Å². The van der Waals surface area contributed by atoms with Crippen molar-refractivity contribution in [1.29, 1.82) is 0 Å².